The molecular formula is C20H23ClN4O4. The average molecular weight is 419 g/mol. The molecule has 2 aliphatic heterocycles. The van der Waals surface area contributed by atoms with Gasteiger partial charge in [-0.3, -0.25) is 0 Å². The fourth-order valence-electron chi connectivity index (χ4n) is 4.07. The number of pyridine rings is 1. The summed E-state index contributed by atoms with van der Waals surface area (Å²) in [7, 11) is 0. The van der Waals surface area contributed by atoms with Crippen molar-refractivity contribution >= 4 is 17.7 Å². The number of carbonyl (C=O) groups excluding carboxylic acids is 1. The zero-order chi connectivity index (χ0) is 20.4. The molecule has 0 aliphatic carbocycles. The molecule has 4 rings (SSSR count). The van der Waals surface area contributed by atoms with Crippen molar-refractivity contribution in [1.82, 2.24) is 19.9 Å². The largest absolute Gasteiger partial charge is 0.474 e. The van der Waals surface area contributed by atoms with Gasteiger partial charge in [-0.2, -0.15) is 0 Å². The van der Waals surface area contributed by atoms with E-state index in [0.29, 0.717) is 29.7 Å². The summed E-state index contributed by atoms with van der Waals surface area (Å²) in [5.74, 6) is 1.27. The van der Waals surface area contributed by atoms with E-state index >= 15 is 0 Å². The number of halogens is 1. The Hall–Kier alpha value is -2.61. The number of amides is 1. The molecule has 4 heterocycles. The van der Waals surface area contributed by atoms with Gasteiger partial charge in [0.05, 0.1) is 12.2 Å². The van der Waals surface area contributed by atoms with E-state index in [-0.39, 0.29) is 29.4 Å². The minimum Gasteiger partial charge on any atom is -0.474 e. The number of hydrogen-bond acceptors (Lipinski definition) is 7. The summed E-state index contributed by atoms with van der Waals surface area (Å²) in [6.45, 7) is 4.06. The van der Waals surface area contributed by atoms with Crippen LogP contribution in [-0.2, 0) is 4.74 Å². The van der Waals surface area contributed by atoms with E-state index in [1.54, 1.807) is 18.3 Å². The first-order valence-electron chi connectivity index (χ1n) is 9.78. The molecule has 0 radical (unpaired) electrons. The molecule has 29 heavy (non-hydrogen) atoms. The molecule has 2 aromatic rings. The highest BCUT2D eigenvalue weighted by molar-refractivity contribution is 6.30. The lowest BCUT2D eigenvalue weighted by Crippen LogP contribution is -2.49. The first-order chi connectivity index (χ1) is 14.1. The number of piperidine rings is 1. The van der Waals surface area contributed by atoms with E-state index in [1.807, 2.05) is 18.7 Å². The Labute approximate surface area is 174 Å². The van der Waals surface area contributed by atoms with Crippen LogP contribution in [0.4, 0.5) is 4.79 Å². The van der Waals surface area contributed by atoms with Gasteiger partial charge in [-0.05, 0) is 38.8 Å². The maximum absolute atomic E-state index is 12.2. The molecule has 9 heteroatoms. The summed E-state index contributed by atoms with van der Waals surface area (Å²) in [6.07, 6.45) is 6.20. The molecule has 0 saturated carbocycles. The molecule has 8 nitrogen and oxygen atoms in total. The zero-order valence-corrected chi connectivity index (χ0v) is 17.1. The van der Waals surface area contributed by atoms with Crippen LogP contribution in [0.15, 0.2) is 24.7 Å². The van der Waals surface area contributed by atoms with Crippen LogP contribution in [-0.4, -0.2) is 50.7 Å². The van der Waals surface area contributed by atoms with Gasteiger partial charge in [0.2, 0.25) is 11.8 Å². The topological polar surface area (TPSA) is 86.7 Å². The second kappa shape index (κ2) is 8.41. The van der Waals surface area contributed by atoms with Crippen molar-refractivity contribution in [2.45, 2.75) is 57.7 Å². The normalized spacial score (nSPS) is 23.0. The van der Waals surface area contributed by atoms with Crippen LogP contribution < -0.4 is 9.47 Å². The standard InChI is InChI=1S/C20H23ClN4O4/c1-3-27-20(26)25-13-6-7-14(25)10-15(9-13)28-18-12(2)19(24-11-23-18)29-16-5-4-8-22-17(16)21/h4-5,8,11,13-15H,3,6-7,9-10H2,1-2H3/t13-,14?,15?/m0/s1. The molecule has 2 fully saturated rings. The highest BCUT2D eigenvalue weighted by atomic mass is 35.5. The Bertz CT molecular complexity index is 883. The van der Waals surface area contributed by atoms with Crippen LogP contribution in [0.25, 0.3) is 0 Å². The lowest BCUT2D eigenvalue weighted by molar-refractivity contribution is 0.0334. The highest BCUT2D eigenvalue weighted by Gasteiger charge is 2.45. The summed E-state index contributed by atoms with van der Waals surface area (Å²) in [5.41, 5.74) is 0.688. The first kappa shape index (κ1) is 19.7. The summed E-state index contributed by atoms with van der Waals surface area (Å²) < 4.78 is 17.2. The van der Waals surface area contributed by atoms with Crippen molar-refractivity contribution in [2.75, 3.05) is 6.61 Å². The van der Waals surface area contributed by atoms with Gasteiger partial charge in [0.15, 0.2) is 10.9 Å². The number of fused-ring (bicyclic) bond motifs is 2. The molecule has 0 N–H and O–H groups in total. The Balaban J connectivity index is 1.46. The van der Waals surface area contributed by atoms with E-state index in [2.05, 4.69) is 15.0 Å². The third kappa shape index (κ3) is 4.07. The van der Waals surface area contributed by atoms with Crippen molar-refractivity contribution in [3.8, 4) is 17.5 Å². The van der Waals surface area contributed by atoms with Crippen LogP contribution in [0.2, 0.25) is 5.15 Å². The molecule has 2 aliphatic rings. The zero-order valence-electron chi connectivity index (χ0n) is 16.4. The van der Waals surface area contributed by atoms with Gasteiger partial charge in [0.25, 0.3) is 0 Å². The van der Waals surface area contributed by atoms with Crippen molar-refractivity contribution < 1.29 is 19.0 Å². The number of carbonyl (C=O) groups is 1. The van der Waals surface area contributed by atoms with Crippen molar-refractivity contribution in [2.24, 2.45) is 0 Å². The number of ether oxygens (including phenoxy) is 3. The van der Waals surface area contributed by atoms with E-state index in [1.165, 1.54) is 6.33 Å². The summed E-state index contributed by atoms with van der Waals surface area (Å²) in [4.78, 5) is 26.6. The summed E-state index contributed by atoms with van der Waals surface area (Å²) in [5, 5.41) is 0.260. The van der Waals surface area contributed by atoms with E-state index in [4.69, 9.17) is 25.8 Å². The maximum atomic E-state index is 12.2. The Kier molecular flexibility index (Phi) is 5.71. The molecular weight excluding hydrogens is 396 g/mol. The van der Waals surface area contributed by atoms with Crippen LogP contribution in [0.3, 0.4) is 0 Å². The van der Waals surface area contributed by atoms with Gasteiger partial charge < -0.3 is 19.1 Å². The summed E-state index contributed by atoms with van der Waals surface area (Å²) in [6, 6.07) is 3.75. The fraction of sp³-hybridized carbons (Fsp3) is 0.500. The predicted molar refractivity (Wildman–Crippen MR) is 105 cm³/mol. The number of nitrogens with zero attached hydrogens (tertiary/aromatic N) is 4. The van der Waals surface area contributed by atoms with Gasteiger partial charge in [-0.25, -0.2) is 19.7 Å². The van der Waals surface area contributed by atoms with Gasteiger partial charge in [-0.15, -0.1) is 0 Å². The highest BCUT2D eigenvalue weighted by Crippen LogP contribution is 2.38. The maximum Gasteiger partial charge on any atom is 0.410 e. The van der Waals surface area contributed by atoms with Crippen molar-refractivity contribution in [3.63, 3.8) is 0 Å². The molecule has 3 atom stereocenters. The number of hydrogen-bond donors (Lipinski definition) is 0. The number of rotatable bonds is 5. The van der Waals surface area contributed by atoms with Crippen LogP contribution >= 0.6 is 11.6 Å². The first-order valence-corrected chi connectivity index (χ1v) is 10.2. The van der Waals surface area contributed by atoms with E-state index < -0.39 is 0 Å². The molecule has 0 aromatic carbocycles. The van der Waals surface area contributed by atoms with Crippen LogP contribution in [0.5, 0.6) is 17.5 Å². The third-order valence-electron chi connectivity index (χ3n) is 5.37. The summed E-state index contributed by atoms with van der Waals surface area (Å²) >= 11 is 6.07. The van der Waals surface area contributed by atoms with Crippen LogP contribution in [0.1, 0.15) is 38.2 Å². The fourth-order valence-corrected chi connectivity index (χ4v) is 4.23. The minimum absolute atomic E-state index is 0.0263. The lowest BCUT2D eigenvalue weighted by Gasteiger charge is -2.37. The Morgan fingerprint density at radius 2 is 1.93 bits per heavy atom. The van der Waals surface area contributed by atoms with Gasteiger partial charge in [-0.1, -0.05) is 11.6 Å². The van der Waals surface area contributed by atoms with Gasteiger partial charge in [0.1, 0.15) is 12.4 Å². The molecule has 2 unspecified atom stereocenters. The molecule has 154 valence electrons. The van der Waals surface area contributed by atoms with Gasteiger partial charge >= 0.3 is 6.09 Å². The molecule has 2 bridgehead atoms. The molecule has 2 saturated heterocycles. The second-order valence-corrected chi connectivity index (χ2v) is 7.56. The van der Waals surface area contributed by atoms with Crippen molar-refractivity contribution in [1.29, 1.82) is 0 Å². The SMILES string of the molecule is CCOC(=O)N1C2CC[C@H]1CC(Oc1ncnc(Oc3cccnc3Cl)c1C)C2. The Morgan fingerprint density at radius 3 is 2.62 bits per heavy atom. The van der Waals surface area contributed by atoms with Crippen molar-refractivity contribution in [3.05, 3.63) is 35.4 Å². The van der Waals surface area contributed by atoms with Crippen LogP contribution in [0, 0.1) is 6.92 Å². The monoisotopic (exact) mass is 418 g/mol. The second-order valence-electron chi connectivity index (χ2n) is 7.21. The minimum atomic E-state index is -0.222. The molecule has 2 aromatic heterocycles. The smallest absolute Gasteiger partial charge is 0.410 e. The average Bonchev–Trinajstić information content (AvgIpc) is 2.98. The predicted octanol–water partition coefficient (Wildman–Crippen LogP) is 4.16. The third-order valence-corrected chi connectivity index (χ3v) is 5.65. The van der Waals surface area contributed by atoms with E-state index in [9.17, 15) is 4.79 Å². The lowest BCUT2D eigenvalue weighted by atomic mass is 10.0. The molecule has 0 spiro atoms. The van der Waals surface area contributed by atoms with E-state index in [0.717, 1.165) is 25.7 Å². The Morgan fingerprint density at radius 1 is 1.21 bits per heavy atom. The number of aromatic nitrogens is 3. The van der Waals surface area contributed by atoms with Gasteiger partial charge in [0, 0.05) is 31.1 Å². The molecule has 1 amide bonds. The quantitative estimate of drug-likeness (QED) is 0.674.